The van der Waals surface area contributed by atoms with Gasteiger partial charge in [0.1, 0.15) is 6.04 Å². The summed E-state index contributed by atoms with van der Waals surface area (Å²) in [5.41, 5.74) is 0. The van der Waals surface area contributed by atoms with Gasteiger partial charge in [-0.2, -0.15) is 0 Å². The number of rotatable bonds is 3. The highest BCUT2D eigenvalue weighted by atomic mass is 16.2. The zero-order chi connectivity index (χ0) is 14.0. The van der Waals surface area contributed by atoms with E-state index >= 15 is 0 Å². The largest absolute Gasteiger partial charge is 0.343 e. The van der Waals surface area contributed by atoms with Crippen molar-refractivity contribution >= 4 is 11.8 Å². The SMILES string of the molecule is CC(C)C1NC(=O)CN(CC2CCN(C)CC2)C1=O. The van der Waals surface area contributed by atoms with E-state index in [1.54, 1.807) is 4.90 Å². The average molecular weight is 267 g/mol. The van der Waals surface area contributed by atoms with Gasteiger partial charge >= 0.3 is 0 Å². The zero-order valence-electron chi connectivity index (χ0n) is 12.2. The third-order valence-electron chi connectivity index (χ3n) is 4.21. The van der Waals surface area contributed by atoms with E-state index in [4.69, 9.17) is 0 Å². The summed E-state index contributed by atoms with van der Waals surface area (Å²) in [5.74, 6) is 0.760. The van der Waals surface area contributed by atoms with Crippen LogP contribution in [-0.2, 0) is 9.59 Å². The predicted octanol–water partition coefficient (Wildman–Crippen LogP) is 0.311. The summed E-state index contributed by atoms with van der Waals surface area (Å²) in [7, 11) is 2.13. The summed E-state index contributed by atoms with van der Waals surface area (Å²) < 4.78 is 0. The molecule has 2 amide bonds. The number of carbonyl (C=O) groups is 2. The molecule has 2 aliphatic rings. The van der Waals surface area contributed by atoms with Crippen LogP contribution in [0.15, 0.2) is 0 Å². The van der Waals surface area contributed by atoms with Gasteiger partial charge in [0.2, 0.25) is 11.8 Å². The van der Waals surface area contributed by atoms with Crippen LogP contribution < -0.4 is 5.32 Å². The van der Waals surface area contributed by atoms with Crippen molar-refractivity contribution in [2.45, 2.75) is 32.7 Å². The lowest BCUT2D eigenvalue weighted by Gasteiger charge is -2.38. The summed E-state index contributed by atoms with van der Waals surface area (Å²) in [4.78, 5) is 28.1. The Bertz CT molecular complexity index is 349. The zero-order valence-corrected chi connectivity index (χ0v) is 12.2. The van der Waals surface area contributed by atoms with Crippen molar-refractivity contribution in [1.82, 2.24) is 15.1 Å². The van der Waals surface area contributed by atoms with Crippen molar-refractivity contribution in [3.63, 3.8) is 0 Å². The fourth-order valence-electron chi connectivity index (χ4n) is 2.89. The fraction of sp³-hybridized carbons (Fsp3) is 0.857. The van der Waals surface area contributed by atoms with Gasteiger partial charge in [-0.25, -0.2) is 0 Å². The Balaban J connectivity index is 1.94. The molecule has 0 saturated carbocycles. The summed E-state index contributed by atoms with van der Waals surface area (Å²) in [6.07, 6.45) is 2.24. The normalized spacial score (nSPS) is 26.9. The minimum Gasteiger partial charge on any atom is -0.343 e. The van der Waals surface area contributed by atoms with Gasteiger partial charge < -0.3 is 15.1 Å². The Hall–Kier alpha value is -1.10. The highest BCUT2D eigenvalue weighted by molar-refractivity contribution is 5.94. The maximum Gasteiger partial charge on any atom is 0.245 e. The number of nitrogens with zero attached hydrogens (tertiary/aromatic N) is 2. The molecule has 2 saturated heterocycles. The molecule has 0 aliphatic carbocycles. The lowest BCUT2D eigenvalue weighted by molar-refractivity contribution is -0.146. The van der Waals surface area contributed by atoms with E-state index in [1.165, 1.54) is 0 Å². The highest BCUT2D eigenvalue weighted by Gasteiger charge is 2.35. The van der Waals surface area contributed by atoms with Gasteiger partial charge in [0, 0.05) is 6.54 Å². The van der Waals surface area contributed by atoms with Crippen LogP contribution in [0.2, 0.25) is 0 Å². The smallest absolute Gasteiger partial charge is 0.245 e. The van der Waals surface area contributed by atoms with E-state index in [2.05, 4.69) is 17.3 Å². The molecular formula is C14H25N3O2. The number of likely N-dealkylation sites (tertiary alicyclic amines) is 1. The third kappa shape index (κ3) is 3.47. The molecule has 0 aromatic carbocycles. The van der Waals surface area contributed by atoms with Crippen LogP contribution in [0.1, 0.15) is 26.7 Å². The van der Waals surface area contributed by atoms with Crippen LogP contribution in [0.3, 0.4) is 0 Å². The Morgan fingerprint density at radius 3 is 2.47 bits per heavy atom. The first-order chi connectivity index (χ1) is 8.97. The molecular weight excluding hydrogens is 242 g/mol. The Kier molecular flexibility index (Phi) is 4.45. The first-order valence-electron chi connectivity index (χ1n) is 7.24. The van der Waals surface area contributed by atoms with E-state index in [0.717, 1.165) is 32.5 Å². The second kappa shape index (κ2) is 5.90. The van der Waals surface area contributed by atoms with Crippen molar-refractivity contribution in [2.24, 2.45) is 11.8 Å². The van der Waals surface area contributed by atoms with Crippen LogP contribution in [-0.4, -0.2) is 60.9 Å². The quantitative estimate of drug-likeness (QED) is 0.801. The van der Waals surface area contributed by atoms with Crippen LogP contribution in [0.5, 0.6) is 0 Å². The molecule has 0 radical (unpaired) electrons. The average Bonchev–Trinajstić information content (AvgIpc) is 2.35. The molecule has 1 unspecified atom stereocenters. The Labute approximate surface area is 115 Å². The standard InChI is InChI=1S/C14H25N3O2/c1-10(2)13-14(19)17(9-12(18)15-13)8-11-4-6-16(3)7-5-11/h10-11,13H,4-9H2,1-3H3,(H,15,18). The molecule has 0 spiro atoms. The van der Waals surface area contributed by atoms with Gasteiger partial charge in [0.05, 0.1) is 6.54 Å². The number of amides is 2. The minimum absolute atomic E-state index is 0.0220. The minimum atomic E-state index is -0.340. The molecule has 1 N–H and O–H groups in total. The van der Waals surface area contributed by atoms with Crippen LogP contribution >= 0.6 is 0 Å². The van der Waals surface area contributed by atoms with Gasteiger partial charge in [0.15, 0.2) is 0 Å². The number of piperazine rings is 1. The molecule has 2 heterocycles. The van der Waals surface area contributed by atoms with Gasteiger partial charge in [0.25, 0.3) is 0 Å². The van der Waals surface area contributed by atoms with E-state index in [0.29, 0.717) is 5.92 Å². The third-order valence-corrected chi connectivity index (χ3v) is 4.21. The van der Waals surface area contributed by atoms with Crippen molar-refractivity contribution in [3.05, 3.63) is 0 Å². The number of hydrogen-bond donors (Lipinski definition) is 1. The Morgan fingerprint density at radius 1 is 1.26 bits per heavy atom. The lowest BCUT2D eigenvalue weighted by Crippen LogP contribution is -2.60. The molecule has 0 bridgehead atoms. The van der Waals surface area contributed by atoms with E-state index < -0.39 is 0 Å². The molecule has 2 aliphatic heterocycles. The van der Waals surface area contributed by atoms with Crippen molar-refractivity contribution < 1.29 is 9.59 Å². The van der Waals surface area contributed by atoms with Crippen molar-refractivity contribution in [1.29, 1.82) is 0 Å². The molecule has 19 heavy (non-hydrogen) atoms. The van der Waals surface area contributed by atoms with E-state index in [9.17, 15) is 9.59 Å². The van der Waals surface area contributed by atoms with Gasteiger partial charge in [-0.05, 0) is 44.8 Å². The van der Waals surface area contributed by atoms with Gasteiger partial charge in [-0.3, -0.25) is 9.59 Å². The fourth-order valence-corrected chi connectivity index (χ4v) is 2.89. The molecule has 0 aromatic rings. The van der Waals surface area contributed by atoms with Gasteiger partial charge in [-0.1, -0.05) is 13.8 Å². The van der Waals surface area contributed by atoms with Crippen LogP contribution in [0, 0.1) is 11.8 Å². The first kappa shape index (κ1) is 14.3. The first-order valence-corrected chi connectivity index (χ1v) is 7.24. The van der Waals surface area contributed by atoms with Crippen molar-refractivity contribution in [2.75, 3.05) is 33.2 Å². The number of nitrogens with one attached hydrogen (secondary N) is 1. The monoisotopic (exact) mass is 267 g/mol. The Morgan fingerprint density at radius 2 is 1.89 bits per heavy atom. The number of carbonyl (C=O) groups excluding carboxylic acids is 2. The lowest BCUT2D eigenvalue weighted by atomic mass is 9.94. The number of hydrogen-bond acceptors (Lipinski definition) is 3. The summed E-state index contributed by atoms with van der Waals surface area (Å²) in [6.45, 7) is 7.10. The molecule has 108 valence electrons. The van der Waals surface area contributed by atoms with Crippen LogP contribution in [0.25, 0.3) is 0 Å². The summed E-state index contributed by atoms with van der Waals surface area (Å²) >= 11 is 0. The second-order valence-electron chi connectivity index (χ2n) is 6.25. The summed E-state index contributed by atoms with van der Waals surface area (Å²) in [5, 5.41) is 2.80. The van der Waals surface area contributed by atoms with Gasteiger partial charge in [-0.15, -0.1) is 0 Å². The number of piperidine rings is 1. The second-order valence-corrected chi connectivity index (χ2v) is 6.25. The maximum atomic E-state index is 12.4. The molecule has 0 aromatic heterocycles. The van der Waals surface area contributed by atoms with Crippen LogP contribution in [0.4, 0.5) is 0 Å². The maximum absolute atomic E-state index is 12.4. The van der Waals surface area contributed by atoms with E-state index in [-0.39, 0.29) is 30.3 Å². The highest BCUT2D eigenvalue weighted by Crippen LogP contribution is 2.19. The molecule has 5 heteroatoms. The van der Waals surface area contributed by atoms with E-state index in [1.807, 2.05) is 13.8 Å². The molecule has 2 fully saturated rings. The van der Waals surface area contributed by atoms with Crippen molar-refractivity contribution in [3.8, 4) is 0 Å². The molecule has 5 nitrogen and oxygen atoms in total. The molecule has 1 atom stereocenters. The topological polar surface area (TPSA) is 52.7 Å². The summed E-state index contributed by atoms with van der Waals surface area (Å²) in [6, 6.07) is -0.340. The molecule has 2 rings (SSSR count). The predicted molar refractivity (Wildman–Crippen MR) is 73.6 cm³/mol.